The molecule has 0 aromatic rings. The monoisotopic (exact) mass is 568 g/mol. The van der Waals surface area contributed by atoms with Crippen molar-refractivity contribution in [2.24, 2.45) is 0 Å². The first-order chi connectivity index (χ1) is 13.8. The van der Waals surface area contributed by atoms with E-state index in [0.717, 1.165) is 0 Å². The van der Waals surface area contributed by atoms with Crippen molar-refractivity contribution in [1.82, 2.24) is 0 Å². The van der Waals surface area contributed by atoms with Crippen LogP contribution in [0.1, 0.15) is 13.8 Å². The minimum Gasteiger partial charge on any atom is -0.294 e. The zero-order valence-corrected chi connectivity index (χ0v) is 20.5. The fourth-order valence-corrected chi connectivity index (χ4v) is 5.81. The number of hydrogen-bond donors (Lipinski definition) is 0. The van der Waals surface area contributed by atoms with Gasteiger partial charge < -0.3 is 0 Å². The molecule has 0 rings (SSSR count). The Bertz CT molecular complexity index is 843. The molecule has 0 fully saturated rings. The molecular formula is C12H20F8O8S3Si. The molecule has 20 heteroatoms. The van der Waals surface area contributed by atoms with Gasteiger partial charge in [0.1, 0.15) is 13.2 Å². The summed E-state index contributed by atoms with van der Waals surface area (Å²) in [4.78, 5) is 0. The number of alkyl halides is 8. The van der Waals surface area contributed by atoms with Crippen molar-refractivity contribution < 1.29 is 67.8 Å². The SMILES string of the molecule is CC(C)SOS(=O)(=O)OCC(F)(F)C(F)(F)C(F)(F)C(F)(F)COS(=O)(=O)O[Si](C)(C)C. The molecule has 8 nitrogen and oxygen atoms in total. The van der Waals surface area contributed by atoms with Crippen LogP contribution in [0, 0.1) is 0 Å². The number of hydrogen-bond acceptors (Lipinski definition) is 9. The molecule has 0 saturated heterocycles. The largest absolute Gasteiger partial charge is 0.411 e. The quantitative estimate of drug-likeness (QED) is 0.175. The Kier molecular flexibility index (Phi) is 10.1. The van der Waals surface area contributed by atoms with Crippen molar-refractivity contribution in [2.75, 3.05) is 13.2 Å². The molecule has 0 unspecified atom stereocenters. The molecule has 0 radical (unpaired) electrons. The van der Waals surface area contributed by atoms with Crippen LogP contribution in [0.4, 0.5) is 35.1 Å². The molecule has 0 saturated carbocycles. The van der Waals surface area contributed by atoms with Crippen LogP contribution in [0.2, 0.25) is 19.6 Å². The first-order valence-corrected chi connectivity index (χ1v) is 15.0. The van der Waals surface area contributed by atoms with Gasteiger partial charge in [-0.1, -0.05) is 13.8 Å². The Labute approximate surface area is 184 Å². The van der Waals surface area contributed by atoms with Gasteiger partial charge in [0.05, 0.1) is 0 Å². The Morgan fingerprint density at radius 1 is 0.750 bits per heavy atom. The Morgan fingerprint density at radius 3 is 1.41 bits per heavy atom. The lowest BCUT2D eigenvalue weighted by Gasteiger charge is -2.36. The molecule has 0 aromatic heterocycles. The normalized spacial score (nSPS) is 15.4. The standard InChI is InChI=1S/C12H20F8O8S3Si/c1-8(2)29-27-30(21,22)25-6-9(13,14)11(17,18)12(19,20)10(15,16)7-26-31(23,24)28-32(3,4)5/h8H,6-7H2,1-5H3. The van der Waals surface area contributed by atoms with Gasteiger partial charge in [0.2, 0.25) is 8.32 Å². The first kappa shape index (κ1) is 31.7. The summed E-state index contributed by atoms with van der Waals surface area (Å²) in [6.07, 6.45) is 0. The molecule has 0 bridgehead atoms. The highest BCUT2D eigenvalue weighted by molar-refractivity contribution is 8.03. The fraction of sp³-hybridized carbons (Fsp3) is 1.00. The summed E-state index contributed by atoms with van der Waals surface area (Å²) in [6, 6.07) is 0. The summed E-state index contributed by atoms with van der Waals surface area (Å²) in [6.45, 7) is 0.397. The molecule has 0 amide bonds. The molecule has 32 heavy (non-hydrogen) atoms. The zero-order valence-electron chi connectivity index (χ0n) is 17.0. The van der Waals surface area contributed by atoms with Crippen molar-refractivity contribution in [2.45, 2.75) is 62.4 Å². The van der Waals surface area contributed by atoms with E-state index in [2.05, 4.69) is 15.9 Å². The second kappa shape index (κ2) is 10.2. The molecule has 0 N–H and O–H groups in total. The van der Waals surface area contributed by atoms with Crippen molar-refractivity contribution in [1.29, 1.82) is 0 Å². The predicted molar refractivity (Wildman–Crippen MR) is 97.8 cm³/mol. The number of rotatable bonds is 14. The van der Waals surface area contributed by atoms with Crippen molar-refractivity contribution in [3.63, 3.8) is 0 Å². The minimum atomic E-state index is -6.93. The van der Waals surface area contributed by atoms with Gasteiger partial charge in [-0.3, -0.25) is 3.87 Å². The van der Waals surface area contributed by atoms with Crippen LogP contribution in [-0.2, 0) is 36.7 Å². The van der Waals surface area contributed by atoms with Crippen molar-refractivity contribution >= 4 is 41.2 Å². The van der Waals surface area contributed by atoms with Gasteiger partial charge in [-0.25, -0.2) is 8.37 Å². The van der Waals surface area contributed by atoms with E-state index in [-0.39, 0.29) is 12.0 Å². The molecule has 0 spiro atoms. The van der Waals surface area contributed by atoms with Gasteiger partial charge >= 0.3 is 44.5 Å². The highest BCUT2D eigenvalue weighted by Crippen LogP contribution is 2.53. The lowest BCUT2D eigenvalue weighted by atomic mass is 9.99. The summed E-state index contributed by atoms with van der Waals surface area (Å²) in [5.41, 5.74) is 0. The zero-order chi connectivity index (χ0) is 26.0. The van der Waals surface area contributed by atoms with E-state index in [1.165, 1.54) is 33.5 Å². The van der Waals surface area contributed by atoms with Gasteiger partial charge in [-0.2, -0.15) is 55.6 Å². The number of halogens is 8. The maximum Gasteiger partial charge on any atom is 0.411 e. The van der Waals surface area contributed by atoms with Gasteiger partial charge in [0.25, 0.3) is 0 Å². The predicted octanol–water partition coefficient (Wildman–Crippen LogP) is 3.98. The third kappa shape index (κ3) is 8.84. The van der Waals surface area contributed by atoms with Crippen LogP contribution < -0.4 is 0 Å². The third-order valence-electron chi connectivity index (χ3n) is 2.75. The second-order valence-electron chi connectivity index (χ2n) is 7.31. The average Bonchev–Trinajstić information content (AvgIpc) is 2.54. The summed E-state index contributed by atoms with van der Waals surface area (Å²) >= 11 is 0.123. The fourth-order valence-electron chi connectivity index (χ4n) is 1.41. The van der Waals surface area contributed by atoms with Crippen LogP contribution >= 0.6 is 12.0 Å². The summed E-state index contributed by atoms with van der Waals surface area (Å²) in [5, 5.41) is -0.584. The summed E-state index contributed by atoms with van der Waals surface area (Å²) in [7, 11) is -13.8. The average molecular weight is 569 g/mol. The van der Waals surface area contributed by atoms with E-state index in [4.69, 9.17) is 0 Å². The highest BCUT2D eigenvalue weighted by atomic mass is 32.3. The molecule has 0 aliphatic rings. The van der Waals surface area contributed by atoms with Crippen molar-refractivity contribution in [3.05, 3.63) is 0 Å². The Hall–Kier alpha value is -0.253. The first-order valence-electron chi connectivity index (χ1n) is 8.14. The molecule has 0 aliphatic heterocycles. The van der Waals surface area contributed by atoms with Crippen LogP contribution in [0.15, 0.2) is 0 Å². The summed E-state index contributed by atoms with van der Waals surface area (Å²) in [5.74, 6) is -26.2. The lowest BCUT2D eigenvalue weighted by Crippen LogP contribution is -2.64. The van der Waals surface area contributed by atoms with Crippen molar-refractivity contribution in [3.8, 4) is 0 Å². The van der Waals surface area contributed by atoms with Gasteiger partial charge in [0.15, 0.2) is 0 Å². The van der Waals surface area contributed by atoms with Gasteiger partial charge in [-0.05, 0) is 19.6 Å². The summed E-state index contributed by atoms with van der Waals surface area (Å²) < 4.78 is 170. The van der Waals surface area contributed by atoms with E-state index >= 15 is 0 Å². The van der Waals surface area contributed by atoms with Gasteiger partial charge in [0, 0.05) is 17.3 Å². The van der Waals surface area contributed by atoms with E-state index in [1.807, 2.05) is 0 Å². The molecule has 0 heterocycles. The topological polar surface area (TPSA) is 105 Å². The van der Waals surface area contributed by atoms with E-state index in [1.54, 1.807) is 0 Å². The molecular weight excluding hydrogens is 548 g/mol. The molecule has 0 aliphatic carbocycles. The highest BCUT2D eigenvalue weighted by Gasteiger charge is 2.80. The second-order valence-corrected chi connectivity index (χ2v) is 16.0. The van der Waals surface area contributed by atoms with Crippen LogP contribution in [0.5, 0.6) is 0 Å². The molecule has 0 aromatic carbocycles. The smallest absolute Gasteiger partial charge is 0.294 e. The molecule has 194 valence electrons. The third-order valence-corrected chi connectivity index (χ3v) is 7.74. The van der Waals surface area contributed by atoms with E-state index in [0.29, 0.717) is 0 Å². The Balaban J connectivity index is 5.57. The van der Waals surface area contributed by atoms with Gasteiger partial charge in [-0.15, -0.1) is 0 Å². The minimum absolute atomic E-state index is 0.123. The maximum absolute atomic E-state index is 13.7. The van der Waals surface area contributed by atoms with E-state index < -0.39 is 71.3 Å². The Morgan fingerprint density at radius 2 is 1.09 bits per heavy atom. The van der Waals surface area contributed by atoms with Crippen LogP contribution in [-0.4, -0.2) is 67.3 Å². The maximum atomic E-state index is 13.7. The lowest BCUT2D eigenvalue weighted by molar-refractivity contribution is -0.371. The van der Waals surface area contributed by atoms with Crippen LogP contribution in [0.25, 0.3) is 0 Å². The molecule has 0 atom stereocenters. The van der Waals surface area contributed by atoms with E-state index in [9.17, 15) is 52.0 Å². The van der Waals surface area contributed by atoms with Crippen LogP contribution in [0.3, 0.4) is 0 Å².